The van der Waals surface area contributed by atoms with Crippen LogP contribution in [0.5, 0.6) is 0 Å². The van der Waals surface area contributed by atoms with Gasteiger partial charge in [-0.1, -0.05) is 48.0 Å². The van der Waals surface area contributed by atoms with Crippen molar-refractivity contribution >= 4 is 17.6 Å². The van der Waals surface area contributed by atoms with Crippen LogP contribution in [0.4, 0.5) is 0 Å². The number of hydrogen-bond donors (Lipinski definition) is 0. The molecule has 0 radical (unpaired) electrons. The SMILES string of the molecule is Cc1cc(C)c2c(c1)CC(=N/OCC(=O)N1CCC(C)CC1)/C=C/CC/C=C/CCOC2=O. The number of piperidine rings is 1. The van der Waals surface area contributed by atoms with Crippen molar-refractivity contribution in [3.8, 4) is 0 Å². The van der Waals surface area contributed by atoms with Crippen LogP contribution >= 0.6 is 0 Å². The fourth-order valence-corrected chi connectivity index (χ4v) is 4.26. The molecule has 1 fully saturated rings. The zero-order valence-corrected chi connectivity index (χ0v) is 20.1. The molecule has 0 unspecified atom stereocenters. The molecule has 3 rings (SSSR count). The Labute approximate surface area is 197 Å². The molecule has 0 aliphatic carbocycles. The molecule has 2 aliphatic rings. The van der Waals surface area contributed by atoms with Crippen LogP contribution in [0.25, 0.3) is 0 Å². The molecule has 6 nitrogen and oxygen atoms in total. The van der Waals surface area contributed by atoms with Gasteiger partial charge in [-0.15, -0.1) is 0 Å². The minimum Gasteiger partial charge on any atom is -0.462 e. The summed E-state index contributed by atoms with van der Waals surface area (Å²) in [7, 11) is 0. The molecule has 0 aromatic heterocycles. The zero-order valence-electron chi connectivity index (χ0n) is 20.1. The van der Waals surface area contributed by atoms with Gasteiger partial charge < -0.3 is 14.5 Å². The Hall–Kier alpha value is -2.89. The minimum absolute atomic E-state index is 0.0306. The van der Waals surface area contributed by atoms with E-state index in [0.29, 0.717) is 36.6 Å². The second kappa shape index (κ2) is 12.4. The van der Waals surface area contributed by atoms with Crippen molar-refractivity contribution in [1.29, 1.82) is 0 Å². The van der Waals surface area contributed by atoms with E-state index >= 15 is 0 Å². The summed E-state index contributed by atoms with van der Waals surface area (Å²) in [5.41, 5.74) is 4.07. The smallest absolute Gasteiger partial charge is 0.338 e. The van der Waals surface area contributed by atoms with E-state index in [1.807, 2.05) is 43.0 Å². The van der Waals surface area contributed by atoms with Crippen molar-refractivity contribution < 1.29 is 19.2 Å². The lowest BCUT2D eigenvalue weighted by Crippen LogP contribution is -2.39. The lowest BCUT2D eigenvalue weighted by molar-refractivity contribution is -0.137. The minimum atomic E-state index is -0.313. The summed E-state index contributed by atoms with van der Waals surface area (Å²) >= 11 is 0. The van der Waals surface area contributed by atoms with Gasteiger partial charge in [0.2, 0.25) is 0 Å². The number of amides is 1. The van der Waals surface area contributed by atoms with Gasteiger partial charge >= 0.3 is 5.97 Å². The number of likely N-dealkylation sites (tertiary alicyclic amines) is 1. The monoisotopic (exact) mass is 452 g/mol. The van der Waals surface area contributed by atoms with Crippen LogP contribution in [-0.4, -0.2) is 48.8 Å². The van der Waals surface area contributed by atoms with E-state index in [9.17, 15) is 9.59 Å². The van der Waals surface area contributed by atoms with Crippen molar-refractivity contribution in [1.82, 2.24) is 4.90 Å². The normalized spacial score (nSPS) is 21.6. The number of benzene rings is 1. The maximum Gasteiger partial charge on any atom is 0.338 e. The van der Waals surface area contributed by atoms with Crippen molar-refractivity contribution in [3.05, 3.63) is 58.7 Å². The number of hydrogen-bond acceptors (Lipinski definition) is 5. The Morgan fingerprint density at radius 2 is 1.85 bits per heavy atom. The van der Waals surface area contributed by atoms with Crippen molar-refractivity contribution in [3.63, 3.8) is 0 Å². The molecule has 2 aliphatic heterocycles. The number of carbonyl (C=O) groups excluding carboxylic acids is 2. The first-order valence-corrected chi connectivity index (χ1v) is 12.0. The quantitative estimate of drug-likeness (QED) is 0.370. The van der Waals surface area contributed by atoms with Gasteiger partial charge in [0.25, 0.3) is 5.91 Å². The van der Waals surface area contributed by atoms with Crippen LogP contribution in [0.2, 0.25) is 0 Å². The number of nitrogens with zero attached hydrogens (tertiary/aromatic N) is 2. The molecule has 0 atom stereocenters. The Morgan fingerprint density at radius 3 is 2.64 bits per heavy atom. The summed E-state index contributed by atoms with van der Waals surface area (Å²) in [6, 6.07) is 3.99. The van der Waals surface area contributed by atoms with Crippen LogP contribution in [0.15, 0.2) is 41.6 Å². The van der Waals surface area contributed by atoms with E-state index in [1.54, 1.807) is 0 Å². The highest BCUT2D eigenvalue weighted by Gasteiger charge is 2.21. The van der Waals surface area contributed by atoms with Gasteiger partial charge in [-0.2, -0.15) is 0 Å². The molecule has 1 aromatic carbocycles. The average molecular weight is 453 g/mol. The largest absolute Gasteiger partial charge is 0.462 e. The van der Waals surface area contributed by atoms with Gasteiger partial charge in [-0.05, 0) is 69.1 Å². The number of carbonyl (C=O) groups is 2. The molecule has 1 saturated heterocycles. The number of ether oxygens (including phenoxy) is 1. The summed E-state index contributed by atoms with van der Waals surface area (Å²) in [5, 5.41) is 4.30. The Kier molecular flexibility index (Phi) is 9.28. The third-order valence-electron chi connectivity index (χ3n) is 6.14. The third kappa shape index (κ3) is 7.58. The maximum atomic E-state index is 12.8. The van der Waals surface area contributed by atoms with E-state index in [0.717, 1.165) is 55.5 Å². The van der Waals surface area contributed by atoms with Crippen LogP contribution in [0, 0.1) is 19.8 Å². The van der Waals surface area contributed by atoms with Crippen molar-refractivity contribution in [2.24, 2.45) is 11.1 Å². The van der Waals surface area contributed by atoms with Crippen LogP contribution in [-0.2, 0) is 20.8 Å². The molecular formula is C27H36N2O4. The number of oxime groups is 1. The molecule has 0 bridgehead atoms. The van der Waals surface area contributed by atoms with Crippen molar-refractivity contribution in [2.75, 3.05) is 26.3 Å². The average Bonchev–Trinajstić information content (AvgIpc) is 2.77. The Balaban J connectivity index is 1.78. The fraction of sp³-hybridized carbons (Fsp3) is 0.519. The molecule has 33 heavy (non-hydrogen) atoms. The van der Waals surface area contributed by atoms with E-state index in [2.05, 4.69) is 24.2 Å². The van der Waals surface area contributed by atoms with Gasteiger partial charge in [-0.3, -0.25) is 4.79 Å². The van der Waals surface area contributed by atoms with E-state index in [-0.39, 0.29) is 18.5 Å². The summed E-state index contributed by atoms with van der Waals surface area (Å²) in [5.74, 6) is 0.322. The molecule has 178 valence electrons. The van der Waals surface area contributed by atoms with Crippen molar-refractivity contribution in [2.45, 2.75) is 59.3 Å². The predicted molar refractivity (Wildman–Crippen MR) is 130 cm³/mol. The van der Waals surface area contributed by atoms with Crippen LogP contribution in [0.1, 0.15) is 66.1 Å². The highest BCUT2D eigenvalue weighted by Crippen LogP contribution is 2.21. The zero-order chi connectivity index (χ0) is 23.6. The number of esters is 1. The number of rotatable bonds is 3. The molecule has 1 aromatic rings. The topological polar surface area (TPSA) is 68.2 Å². The van der Waals surface area contributed by atoms with Crippen LogP contribution < -0.4 is 0 Å². The van der Waals surface area contributed by atoms with Gasteiger partial charge in [-0.25, -0.2) is 4.79 Å². The lowest BCUT2D eigenvalue weighted by atomic mass is 9.95. The van der Waals surface area contributed by atoms with Gasteiger partial charge in [0, 0.05) is 19.5 Å². The first kappa shape index (κ1) is 24.7. The summed E-state index contributed by atoms with van der Waals surface area (Å²) in [6.07, 6.45) is 13.1. The van der Waals surface area contributed by atoms with E-state index in [1.165, 1.54) is 0 Å². The number of allylic oxidation sites excluding steroid dienone is 3. The number of cyclic esters (lactones) is 1. The fourth-order valence-electron chi connectivity index (χ4n) is 4.26. The van der Waals surface area contributed by atoms with E-state index < -0.39 is 0 Å². The Morgan fingerprint density at radius 1 is 1.12 bits per heavy atom. The third-order valence-corrected chi connectivity index (χ3v) is 6.14. The predicted octanol–water partition coefficient (Wildman–Crippen LogP) is 4.93. The van der Waals surface area contributed by atoms with E-state index in [4.69, 9.17) is 9.57 Å². The summed E-state index contributed by atoms with van der Waals surface area (Å²) < 4.78 is 5.53. The highest BCUT2D eigenvalue weighted by molar-refractivity contribution is 6.00. The second-order valence-electron chi connectivity index (χ2n) is 9.09. The standard InChI is InChI=1S/C27H36N2O4/c1-20-11-13-29(14-12-20)25(30)19-33-28-24-10-8-6-4-5-7-9-15-32-27(31)26-22(3)16-21(2)17-23(26)18-24/h5,7-8,10,16-17,20H,4,6,9,11-15,18-19H2,1-3H3/b7-5+,10-8+,28-24+. The molecule has 0 spiro atoms. The molecule has 6 heteroatoms. The maximum absolute atomic E-state index is 12.8. The lowest BCUT2D eigenvalue weighted by Gasteiger charge is -2.29. The van der Waals surface area contributed by atoms with Gasteiger partial charge in [0.15, 0.2) is 6.61 Å². The first-order valence-electron chi connectivity index (χ1n) is 12.0. The summed E-state index contributed by atoms with van der Waals surface area (Å²) in [6.45, 7) is 8.00. The molecule has 0 N–H and O–H groups in total. The van der Waals surface area contributed by atoms with Gasteiger partial charge in [0.1, 0.15) is 0 Å². The Bertz CT molecular complexity index is 924. The first-order chi connectivity index (χ1) is 15.9. The highest BCUT2D eigenvalue weighted by atomic mass is 16.6. The molecule has 1 amide bonds. The molecule has 0 saturated carbocycles. The molecule has 2 heterocycles. The second-order valence-corrected chi connectivity index (χ2v) is 9.09. The molecular weight excluding hydrogens is 416 g/mol. The number of aryl methyl sites for hydroxylation is 2. The van der Waals surface area contributed by atoms with Crippen LogP contribution in [0.3, 0.4) is 0 Å². The number of fused-ring (bicyclic) bond motifs is 1. The van der Waals surface area contributed by atoms with Gasteiger partial charge in [0.05, 0.1) is 17.9 Å². The summed E-state index contributed by atoms with van der Waals surface area (Å²) in [4.78, 5) is 32.7.